The number of ether oxygens (including phenoxy) is 1. The second-order valence-corrected chi connectivity index (χ2v) is 12.1. The molecule has 0 aromatic rings. The highest BCUT2D eigenvalue weighted by Crippen LogP contribution is 2.19. The van der Waals surface area contributed by atoms with E-state index in [4.69, 9.17) is 31.3 Å². The summed E-state index contributed by atoms with van der Waals surface area (Å²) in [6.45, 7) is 0.329. The minimum absolute atomic E-state index is 0.329. The molecule has 0 radical (unpaired) electrons. The second kappa shape index (κ2) is 15.1. The van der Waals surface area contributed by atoms with E-state index in [1.807, 2.05) is 0 Å². The van der Waals surface area contributed by atoms with Crippen LogP contribution in [0.3, 0.4) is 0 Å². The van der Waals surface area contributed by atoms with Crippen molar-refractivity contribution in [3.05, 3.63) is 0 Å². The maximum Gasteiger partial charge on any atom is 0.500 e. The number of halogens is 1. The summed E-state index contributed by atoms with van der Waals surface area (Å²) in [5.74, 6) is 0. The minimum Gasteiger partial charge on any atom is -0.377 e. The van der Waals surface area contributed by atoms with E-state index in [-0.39, 0.29) is 0 Å². The summed E-state index contributed by atoms with van der Waals surface area (Å²) in [7, 11) is 4.48. The van der Waals surface area contributed by atoms with E-state index in [0.717, 1.165) is 31.7 Å². The molecule has 0 saturated heterocycles. The van der Waals surface area contributed by atoms with Crippen LogP contribution < -0.4 is 0 Å². The van der Waals surface area contributed by atoms with Gasteiger partial charge in [-0.1, -0.05) is 12.8 Å². The number of hydrogen-bond donors (Lipinski definition) is 0. The first kappa shape index (κ1) is 26.1. The SMILES string of the molecule is CO[Si](CCCCCCC(F)OCCC[Si](OC)(OC)OC)(OC)OC. The van der Waals surface area contributed by atoms with Gasteiger partial charge in [0, 0.05) is 61.2 Å². The quantitative estimate of drug-likeness (QED) is 0.251. The molecule has 0 aliphatic carbocycles. The smallest absolute Gasteiger partial charge is 0.377 e. The van der Waals surface area contributed by atoms with E-state index in [0.29, 0.717) is 25.5 Å². The van der Waals surface area contributed by atoms with Crippen molar-refractivity contribution >= 4 is 17.6 Å². The van der Waals surface area contributed by atoms with E-state index >= 15 is 0 Å². The normalized spacial score (nSPS) is 14.0. The maximum atomic E-state index is 13.8. The predicted molar refractivity (Wildman–Crippen MR) is 102 cm³/mol. The predicted octanol–water partition coefficient (Wildman–Crippen LogP) is 3.40. The summed E-state index contributed by atoms with van der Waals surface area (Å²) in [6.07, 6.45) is 3.47. The molecule has 0 rings (SSSR count). The summed E-state index contributed by atoms with van der Waals surface area (Å²) in [4.78, 5) is 0. The monoisotopic (exact) mass is 416 g/mol. The molecule has 158 valence electrons. The lowest BCUT2D eigenvalue weighted by atomic mass is 10.1. The molecule has 0 aliphatic heterocycles. The number of hydrogen-bond acceptors (Lipinski definition) is 7. The van der Waals surface area contributed by atoms with Gasteiger partial charge >= 0.3 is 17.6 Å². The lowest BCUT2D eigenvalue weighted by molar-refractivity contribution is -0.0453. The fraction of sp³-hybridized carbons (Fsp3) is 1.00. The molecule has 0 N–H and O–H groups in total. The topological polar surface area (TPSA) is 64.6 Å². The summed E-state index contributed by atoms with van der Waals surface area (Å²) < 4.78 is 51.1. The van der Waals surface area contributed by atoms with Gasteiger partial charge in [0.05, 0.1) is 6.61 Å². The van der Waals surface area contributed by atoms with Crippen molar-refractivity contribution in [2.75, 3.05) is 49.3 Å². The molecule has 1 atom stereocenters. The fourth-order valence-electron chi connectivity index (χ4n) is 2.70. The molecule has 0 fully saturated rings. The summed E-state index contributed by atoms with van der Waals surface area (Å²) in [5, 5.41) is 0. The van der Waals surface area contributed by atoms with Gasteiger partial charge in [-0.3, -0.25) is 0 Å². The van der Waals surface area contributed by atoms with Gasteiger partial charge in [0.2, 0.25) is 0 Å². The third-order valence-electron chi connectivity index (χ3n) is 4.46. The summed E-state index contributed by atoms with van der Waals surface area (Å²) >= 11 is 0. The summed E-state index contributed by atoms with van der Waals surface area (Å²) in [5.41, 5.74) is 0. The van der Waals surface area contributed by atoms with E-state index in [1.165, 1.54) is 0 Å². The van der Waals surface area contributed by atoms with Crippen LogP contribution in [0.2, 0.25) is 12.1 Å². The van der Waals surface area contributed by atoms with Crippen LogP contribution in [-0.4, -0.2) is 73.2 Å². The Labute approximate surface area is 160 Å². The van der Waals surface area contributed by atoms with Crippen LogP contribution in [-0.2, 0) is 31.3 Å². The van der Waals surface area contributed by atoms with Gasteiger partial charge in [-0.2, -0.15) is 0 Å². The Morgan fingerprint density at radius 3 is 1.50 bits per heavy atom. The first-order valence-electron chi connectivity index (χ1n) is 9.03. The van der Waals surface area contributed by atoms with E-state index in [9.17, 15) is 4.39 Å². The molecule has 0 aromatic heterocycles. The first-order valence-corrected chi connectivity index (χ1v) is 12.9. The van der Waals surface area contributed by atoms with Crippen LogP contribution in [0.25, 0.3) is 0 Å². The molecule has 0 spiro atoms. The highest BCUT2D eigenvalue weighted by molar-refractivity contribution is 6.60. The molecular formula is C16H37FO7Si2. The highest BCUT2D eigenvalue weighted by atomic mass is 28.4. The van der Waals surface area contributed by atoms with Crippen LogP contribution in [0, 0.1) is 0 Å². The van der Waals surface area contributed by atoms with Crippen molar-refractivity contribution in [2.24, 2.45) is 0 Å². The average molecular weight is 417 g/mol. The fourth-order valence-corrected chi connectivity index (χ4v) is 6.18. The molecule has 0 heterocycles. The Bertz CT molecular complexity index is 315. The molecule has 0 aliphatic rings. The van der Waals surface area contributed by atoms with Gasteiger partial charge in [0.25, 0.3) is 0 Å². The van der Waals surface area contributed by atoms with Crippen molar-refractivity contribution in [1.29, 1.82) is 0 Å². The van der Waals surface area contributed by atoms with Gasteiger partial charge in [-0.15, -0.1) is 0 Å². The number of rotatable bonds is 18. The zero-order valence-corrected chi connectivity index (χ0v) is 19.2. The Kier molecular flexibility index (Phi) is 15.1. The second-order valence-electron chi connectivity index (χ2n) is 5.93. The van der Waals surface area contributed by atoms with E-state index in [1.54, 1.807) is 42.7 Å². The van der Waals surface area contributed by atoms with E-state index in [2.05, 4.69) is 0 Å². The van der Waals surface area contributed by atoms with Gasteiger partial charge in [-0.25, -0.2) is 4.39 Å². The van der Waals surface area contributed by atoms with Gasteiger partial charge in [0.1, 0.15) is 0 Å². The van der Waals surface area contributed by atoms with Crippen molar-refractivity contribution in [1.82, 2.24) is 0 Å². The maximum absolute atomic E-state index is 13.8. The minimum atomic E-state index is -2.58. The molecule has 0 aromatic carbocycles. The molecule has 0 bridgehead atoms. The molecule has 0 saturated carbocycles. The molecule has 1 unspecified atom stereocenters. The average Bonchev–Trinajstić information content (AvgIpc) is 2.69. The van der Waals surface area contributed by atoms with Gasteiger partial charge in [0.15, 0.2) is 6.36 Å². The van der Waals surface area contributed by atoms with Crippen molar-refractivity contribution in [3.8, 4) is 0 Å². The Morgan fingerprint density at radius 1 is 0.615 bits per heavy atom. The van der Waals surface area contributed by atoms with Crippen molar-refractivity contribution in [3.63, 3.8) is 0 Å². The van der Waals surface area contributed by atoms with Crippen LogP contribution in [0.5, 0.6) is 0 Å². The zero-order chi connectivity index (χ0) is 19.9. The molecule has 10 heteroatoms. The van der Waals surface area contributed by atoms with Crippen LogP contribution in [0.15, 0.2) is 0 Å². The van der Waals surface area contributed by atoms with Crippen LogP contribution >= 0.6 is 0 Å². The zero-order valence-electron chi connectivity index (χ0n) is 17.2. The van der Waals surface area contributed by atoms with Crippen molar-refractivity contribution in [2.45, 2.75) is 57.0 Å². The lowest BCUT2D eigenvalue weighted by Crippen LogP contribution is -2.42. The van der Waals surface area contributed by atoms with Crippen LogP contribution in [0.1, 0.15) is 38.5 Å². The lowest BCUT2D eigenvalue weighted by Gasteiger charge is -2.24. The molecule has 0 amide bonds. The number of unbranched alkanes of at least 4 members (excludes halogenated alkanes) is 3. The third-order valence-corrected chi connectivity index (χ3v) is 10.1. The first-order chi connectivity index (χ1) is 12.5. The molecule has 26 heavy (non-hydrogen) atoms. The van der Waals surface area contributed by atoms with Gasteiger partial charge < -0.3 is 31.3 Å². The number of alkyl halides is 1. The third kappa shape index (κ3) is 9.86. The largest absolute Gasteiger partial charge is 0.500 e. The van der Waals surface area contributed by atoms with Gasteiger partial charge in [-0.05, 0) is 19.3 Å². The summed E-state index contributed by atoms with van der Waals surface area (Å²) in [6, 6.07) is 1.38. The Balaban J connectivity index is 3.74. The molecule has 7 nitrogen and oxygen atoms in total. The van der Waals surface area contributed by atoms with E-state index < -0.39 is 24.0 Å². The highest BCUT2D eigenvalue weighted by Gasteiger charge is 2.37. The standard InChI is InChI=1S/C16H37FO7Si2/c1-18-25(19-2,20-3)14-10-8-7-9-12-16(17)24-13-11-15-26(21-4,22-5)23-6/h16H,7-15H2,1-6H3. The Hall–Kier alpha value is 0.0838. The molecular weight excluding hydrogens is 379 g/mol. The Morgan fingerprint density at radius 2 is 1.04 bits per heavy atom. The van der Waals surface area contributed by atoms with Crippen LogP contribution in [0.4, 0.5) is 4.39 Å². The van der Waals surface area contributed by atoms with Crippen molar-refractivity contribution < 1.29 is 35.7 Å².